The van der Waals surface area contributed by atoms with Crippen molar-refractivity contribution < 1.29 is 4.42 Å². The molecule has 0 spiro atoms. The van der Waals surface area contributed by atoms with Gasteiger partial charge in [-0.15, -0.1) is 0 Å². The Morgan fingerprint density at radius 1 is 0.304 bits per heavy atom. The van der Waals surface area contributed by atoms with Gasteiger partial charge in [0, 0.05) is 43.9 Å². The van der Waals surface area contributed by atoms with Gasteiger partial charge in [-0.3, -0.25) is 0 Å². The third-order valence-corrected chi connectivity index (χ3v) is 10.7. The van der Waals surface area contributed by atoms with Crippen molar-refractivity contribution in [2.24, 2.45) is 0 Å². The fraction of sp³-hybridized carbons (Fsp3) is 0. The monoisotopic (exact) mass is 716 g/mol. The van der Waals surface area contributed by atoms with E-state index in [1.807, 2.05) is 36.4 Å². The average molecular weight is 717 g/mol. The van der Waals surface area contributed by atoms with Crippen molar-refractivity contribution in [3.05, 3.63) is 194 Å². The maximum Gasteiger partial charge on any atom is 0.164 e. The van der Waals surface area contributed by atoms with Gasteiger partial charge in [-0.1, -0.05) is 152 Å². The van der Waals surface area contributed by atoms with Crippen molar-refractivity contribution in [2.45, 2.75) is 0 Å². The van der Waals surface area contributed by atoms with Crippen molar-refractivity contribution >= 4 is 43.7 Å². The minimum atomic E-state index is 0.627. The molecule has 0 amide bonds. The summed E-state index contributed by atoms with van der Waals surface area (Å²) in [7, 11) is 0. The van der Waals surface area contributed by atoms with Gasteiger partial charge in [0.05, 0.1) is 11.0 Å². The number of rotatable bonds is 6. The number of aromatic nitrogens is 4. The highest BCUT2D eigenvalue weighted by Crippen LogP contribution is 2.39. The quantitative estimate of drug-likeness (QED) is 0.172. The number of hydrogen-bond donors (Lipinski definition) is 0. The summed E-state index contributed by atoms with van der Waals surface area (Å²) < 4.78 is 8.83. The summed E-state index contributed by atoms with van der Waals surface area (Å²) in [6.45, 7) is 0. The minimum Gasteiger partial charge on any atom is -0.456 e. The molecular weight excluding hydrogens is 685 g/mol. The second-order valence-corrected chi connectivity index (χ2v) is 14.1. The normalized spacial score (nSPS) is 11.6. The predicted octanol–water partition coefficient (Wildman–Crippen LogP) is 13.2. The zero-order valence-electron chi connectivity index (χ0n) is 30.2. The van der Waals surface area contributed by atoms with Crippen LogP contribution in [0.5, 0.6) is 0 Å². The zero-order valence-corrected chi connectivity index (χ0v) is 30.2. The molecule has 5 nitrogen and oxygen atoms in total. The van der Waals surface area contributed by atoms with E-state index in [9.17, 15) is 0 Å². The predicted molar refractivity (Wildman–Crippen MR) is 229 cm³/mol. The summed E-state index contributed by atoms with van der Waals surface area (Å²) >= 11 is 0. The summed E-state index contributed by atoms with van der Waals surface area (Å²) in [5.41, 5.74) is 12.5. The Bertz CT molecular complexity index is 3200. The van der Waals surface area contributed by atoms with Crippen LogP contribution in [0.3, 0.4) is 0 Å². The zero-order chi connectivity index (χ0) is 37.0. The molecule has 0 radical (unpaired) electrons. The van der Waals surface area contributed by atoms with Gasteiger partial charge in [-0.2, -0.15) is 0 Å². The van der Waals surface area contributed by atoms with Crippen LogP contribution in [0.15, 0.2) is 199 Å². The largest absolute Gasteiger partial charge is 0.456 e. The van der Waals surface area contributed by atoms with Crippen LogP contribution in [0.2, 0.25) is 0 Å². The molecule has 0 fully saturated rings. The van der Waals surface area contributed by atoms with Crippen LogP contribution < -0.4 is 0 Å². The molecule has 11 rings (SSSR count). The van der Waals surface area contributed by atoms with Crippen LogP contribution in [-0.2, 0) is 0 Å². The maximum atomic E-state index is 6.48. The summed E-state index contributed by atoms with van der Waals surface area (Å²) in [5, 5.41) is 4.56. The van der Waals surface area contributed by atoms with Crippen LogP contribution in [0, 0.1) is 0 Å². The van der Waals surface area contributed by atoms with Crippen LogP contribution in [0.4, 0.5) is 0 Å². The smallest absolute Gasteiger partial charge is 0.164 e. The SMILES string of the molecule is c1ccc(-c2ccc(-c3nc(-c4ccccc4)nc(-c4ccc(-c5ccc6oc7cc8c9ccccc9n(-c9ccccc9)c8cc7c6c5)cc4)n3)cc2)cc1. The van der Waals surface area contributed by atoms with Crippen LogP contribution >= 0.6 is 0 Å². The summed E-state index contributed by atoms with van der Waals surface area (Å²) in [5.74, 6) is 1.90. The van der Waals surface area contributed by atoms with E-state index in [1.54, 1.807) is 0 Å². The molecule has 56 heavy (non-hydrogen) atoms. The van der Waals surface area contributed by atoms with E-state index in [2.05, 4.69) is 162 Å². The molecule has 0 N–H and O–H groups in total. The number of benzene rings is 8. The van der Waals surface area contributed by atoms with Gasteiger partial charge in [-0.05, 0) is 64.7 Å². The molecule has 0 aliphatic carbocycles. The Hall–Kier alpha value is -7.63. The first-order valence-electron chi connectivity index (χ1n) is 18.8. The fourth-order valence-corrected chi connectivity index (χ4v) is 7.88. The molecule has 0 aliphatic rings. The van der Waals surface area contributed by atoms with Crippen molar-refractivity contribution in [2.75, 3.05) is 0 Å². The molecule has 262 valence electrons. The van der Waals surface area contributed by atoms with E-state index in [0.717, 1.165) is 66.5 Å². The van der Waals surface area contributed by atoms with Crippen molar-refractivity contribution in [1.29, 1.82) is 0 Å². The third-order valence-electron chi connectivity index (χ3n) is 10.7. The minimum absolute atomic E-state index is 0.627. The van der Waals surface area contributed by atoms with Gasteiger partial charge < -0.3 is 8.98 Å². The molecule has 0 atom stereocenters. The van der Waals surface area contributed by atoms with Gasteiger partial charge in [-0.25, -0.2) is 15.0 Å². The molecule has 3 heterocycles. The Balaban J connectivity index is 0.981. The van der Waals surface area contributed by atoms with Gasteiger partial charge >= 0.3 is 0 Å². The highest BCUT2D eigenvalue weighted by molar-refractivity contribution is 6.17. The van der Waals surface area contributed by atoms with Gasteiger partial charge in [0.15, 0.2) is 17.5 Å². The Morgan fingerprint density at radius 3 is 1.41 bits per heavy atom. The number of para-hydroxylation sites is 2. The van der Waals surface area contributed by atoms with E-state index < -0.39 is 0 Å². The molecule has 0 aliphatic heterocycles. The first kappa shape index (κ1) is 31.9. The lowest BCUT2D eigenvalue weighted by atomic mass is 10.0. The Morgan fingerprint density at radius 2 is 0.768 bits per heavy atom. The van der Waals surface area contributed by atoms with Crippen molar-refractivity contribution in [1.82, 2.24) is 19.5 Å². The molecule has 0 unspecified atom stereocenters. The van der Waals surface area contributed by atoms with Gasteiger partial charge in [0.25, 0.3) is 0 Å². The van der Waals surface area contributed by atoms with Crippen molar-refractivity contribution in [3.63, 3.8) is 0 Å². The molecule has 3 aromatic heterocycles. The fourth-order valence-electron chi connectivity index (χ4n) is 7.88. The Labute approximate surface area is 322 Å². The molecule has 0 bridgehead atoms. The van der Waals surface area contributed by atoms with Gasteiger partial charge in [0.2, 0.25) is 0 Å². The first-order chi connectivity index (χ1) is 27.7. The number of fused-ring (bicyclic) bond motifs is 6. The lowest BCUT2D eigenvalue weighted by Gasteiger charge is -2.10. The molecular formula is C51H32N4O. The second kappa shape index (κ2) is 13.0. The number of furan rings is 1. The lowest BCUT2D eigenvalue weighted by molar-refractivity contribution is 0.669. The number of nitrogens with zero attached hydrogens (tertiary/aromatic N) is 4. The standard InChI is InChI=1S/C51H32N4O/c1-4-12-33(13-5-1)34-20-24-37(25-21-34)50-52-49(36-14-6-2-7-15-36)53-51(54-50)38-26-22-35(23-27-38)39-28-29-47-43(30-39)44-31-46-42(32-48(44)56-47)41-18-10-11-19-45(41)55(46)40-16-8-3-9-17-40/h1-32H. The van der Waals surface area contributed by atoms with E-state index in [0.29, 0.717) is 17.5 Å². The topological polar surface area (TPSA) is 56.7 Å². The number of hydrogen-bond acceptors (Lipinski definition) is 4. The van der Waals surface area contributed by atoms with Gasteiger partial charge in [0.1, 0.15) is 11.2 Å². The van der Waals surface area contributed by atoms with Crippen LogP contribution in [0.25, 0.3) is 106 Å². The molecule has 5 heteroatoms. The first-order valence-corrected chi connectivity index (χ1v) is 18.8. The van der Waals surface area contributed by atoms with E-state index in [1.165, 1.54) is 21.9 Å². The molecule has 11 aromatic rings. The highest BCUT2D eigenvalue weighted by Gasteiger charge is 2.17. The maximum absolute atomic E-state index is 6.48. The van der Waals surface area contributed by atoms with Crippen LogP contribution in [-0.4, -0.2) is 19.5 Å². The van der Waals surface area contributed by atoms with E-state index in [-0.39, 0.29) is 0 Å². The molecule has 0 saturated carbocycles. The molecule has 8 aromatic carbocycles. The lowest BCUT2D eigenvalue weighted by Crippen LogP contribution is -2.00. The summed E-state index contributed by atoms with van der Waals surface area (Å²) in [6, 6.07) is 67.4. The highest BCUT2D eigenvalue weighted by atomic mass is 16.3. The van der Waals surface area contributed by atoms with E-state index >= 15 is 0 Å². The van der Waals surface area contributed by atoms with E-state index in [4.69, 9.17) is 19.4 Å². The average Bonchev–Trinajstić information content (AvgIpc) is 3.80. The third kappa shape index (κ3) is 5.45. The Kier molecular flexibility index (Phi) is 7.42. The second-order valence-electron chi connectivity index (χ2n) is 14.1. The van der Waals surface area contributed by atoms with Crippen LogP contribution in [0.1, 0.15) is 0 Å². The molecule has 0 saturated heterocycles. The summed E-state index contributed by atoms with van der Waals surface area (Å²) in [6.07, 6.45) is 0. The van der Waals surface area contributed by atoms with Crippen molar-refractivity contribution in [3.8, 4) is 62.1 Å². The summed E-state index contributed by atoms with van der Waals surface area (Å²) in [4.78, 5) is 14.9.